The van der Waals surface area contributed by atoms with Crippen molar-refractivity contribution >= 4 is 27.1 Å². The number of sulfonamides is 1. The van der Waals surface area contributed by atoms with Gasteiger partial charge < -0.3 is 19.4 Å². The van der Waals surface area contributed by atoms with E-state index in [-0.39, 0.29) is 48.5 Å². The van der Waals surface area contributed by atoms with E-state index in [2.05, 4.69) is 15.0 Å². The summed E-state index contributed by atoms with van der Waals surface area (Å²) >= 11 is 0. The van der Waals surface area contributed by atoms with Gasteiger partial charge in [-0.05, 0) is 66.4 Å². The van der Waals surface area contributed by atoms with E-state index in [0.29, 0.717) is 28.6 Å². The number of fused-ring (bicyclic) bond motifs is 1. The van der Waals surface area contributed by atoms with E-state index in [4.69, 9.17) is 9.15 Å². The molecule has 0 aliphatic rings. The second-order valence-corrected chi connectivity index (χ2v) is 12.0. The molecule has 10 nitrogen and oxygen atoms in total. The summed E-state index contributed by atoms with van der Waals surface area (Å²) in [6.07, 6.45) is 3.24. The van der Waals surface area contributed by atoms with Crippen molar-refractivity contribution in [1.82, 2.24) is 19.9 Å². The van der Waals surface area contributed by atoms with Crippen LogP contribution in [0.5, 0.6) is 5.75 Å². The van der Waals surface area contributed by atoms with Gasteiger partial charge in [0.2, 0.25) is 10.0 Å². The monoisotopic (exact) mass is 596 g/mol. The third kappa shape index (κ3) is 7.78. The summed E-state index contributed by atoms with van der Waals surface area (Å²) < 4.78 is 52.3. The summed E-state index contributed by atoms with van der Waals surface area (Å²) in [7, 11) is 1.05. The molecule has 2 heterocycles. The number of amides is 1. The molecule has 0 atom stereocenters. The van der Waals surface area contributed by atoms with Gasteiger partial charge >= 0.3 is 11.7 Å². The molecule has 0 aliphatic carbocycles. The van der Waals surface area contributed by atoms with E-state index in [1.807, 2.05) is 12.1 Å². The lowest BCUT2D eigenvalue weighted by atomic mass is 9.96. The minimum Gasteiger partial charge on any atom is -0.422 e. The van der Waals surface area contributed by atoms with Crippen LogP contribution < -0.4 is 20.4 Å². The second-order valence-electron chi connectivity index (χ2n) is 9.92. The number of carbonyl (C=O) groups is 1. The summed E-state index contributed by atoms with van der Waals surface area (Å²) in [5.74, 6) is -0.395. The molecule has 0 fully saturated rings. The Kier molecular flexibility index (Phi) is 10.0. The fourth-order valence-corrected chi connectivity index (χ4v) is 5.19. The predicted octanol–water partition coefficient (Wildman–Crippen LogP) is 3.75. The summed E-state index contributed by atoms with van der Waals surface area (Å²) in [4.78, 5) is 30.7. The first-order valence-electron chi connectivity index (χ1n) is 13.3. The van der Waals surface area contributed by atoms with Gasteiger partial charge in [0, 0.05) is 63.0 Å². The molecule has 0 saturated carbocycles. The van der Waals surface area contributed by atoms with Crippen LogP contribution in [-0.4, -0.2) is 51.3 Å². The first-order valence-corrected chi connectivity index (χ1v) is 15.0. The summed E-state index contributed by atoms with van der Waals surface area (Å²) in [6.45, 7) is 0.779. The van der Waals surface area contributed by atoms with E-state index in [1.165, 1.54) is 18.0 Å². The lowest BCUT2D eigenvalue weighted by Gasteiger charge is -2.15. The Balaban J connectivity index is 1.68. The molecule has 2 aromatic carbocycles. The molecule has 222 valence electrons. The molecule has 1 amide bonds. The van der Waals surface area contributed by atoms with Gasteiger partial charge in [-0.1, -0.05) is 18.2 Å². The van der Waals surface area contributed by atoms with Crippen LogP contribution in [0, 0.1) is 5.82 Å². The van der Waals surface area contributed by atoms with Crippen molar-refractivity contribution in [2.75, 3.05) is 26.9 Å². The largest absolute Gasteiger partial charge is 0.422 e. The van der Waals surface area contributed by atoms with Crippen LogP contribution in [-0.2, 0) is 36.0 Å². The van der Waals surface area contributed by atoms with Gasteiger partial charge in [-0.2, -0.15) is 0 Å². The van der Waals surface area contributed by atoms with Crippen LogP contribution in [0.15, 0.2) is 70.1 Å². The third-order valence-corrected chi connectivity index (χ3v) is 8.19. The average molecular weight is 597 g/mol. The number of ether oxygens (including phenoxy) is 1. The Labute approximate surface area is 243 Å². The van der Waals surface area contributed by atoms with Crippen LogP contribution in [0.3, 0.4) is 0 Å². The first kappa shape index (κ1) is 30.8. The van der Waals surface area contributed by atoms with Crippen molar-refractivity contribution in [2.24, 2.45) is 0 Å². The lowest BCUT2D eigenvalue weighted by molar-refractivity contribution is 0.172. The van der Waals surface area contributed by atoms with Crippen LogP contribution in [0.4, 0.5) is 9.18 Å². The Morgan fingerprint density at radius 3 is 2.50 bits per heavy atom. The van der Waals surface area contributed by atoms with E-state index in [0.717, 1.165) is 5.56 Å². The van der Waals surface area contributed by atoms with E-state index in [9.17, 15) is 18.0 Å². The molecule has 0 saturated heterocycles. The van der Waals surface area contributed by atoms with Crippen molar-refractivity contribution in [3.63, 3.8) is 0 Å². The zero-order chi connectivity index (χ0) is 30.3. The molecule has 4 rings (SSSR count). The number of benzene rings is 2. The number of rotatable bonds is 12. The Morgan fingerprint density at radius 1 is 1.05 bits per heavy atom. The second kappa shape index (κ2) is 13.7. The lowest BCUT2D eigenvalue weighted by Crippen LogP contribution is -2.25. The maximum Gasteiger partial charge on any atom is 0.414 e. The molecule has 12 heteroatoms. The molecule has 0 bridgehead atoms. The van der Waals surface area contributed by atoms with E-state index >= 15 is 4.39 Å². The highest BCUT2D eigenvalue weighted by molar-refractivity contribution is 7.89. The van der Waals surface area contributed by atoms with Gasteiger partial charge in [0.1, 0.15) is 17.1 Å². The molecular formula is C30H33FN4O6S. The first-order chi connectivity index (χ1) is 20.1. The zero-order valence-corrected chi connectivity index (χ0v) is 24.5. The number of halogens is 1. The fraction of sp³-hybridized carbons (Fsp3) is 0.300. The van der Waals surface area contributed by atoms with Gasteiger partial charge in [0.25, 0.3) is 0 Å². The van der Waals surface area contributed by atoms with Gasteiger partial charge in [0.15, 0.2) is 0 Å². The number of nitrogens with zero attached hydrogens (tertiary/aromatic N) is 2. The van der Waals surface area contributed by atoms with Crippen molar-refractivity contribution in [2.45, 2.75) is 32.4 Å². The predicted molar refractivity (Wildman–Crippen MR) is 157 cm³/mol. The summed E-state index contributed by atoms with van der Waals surface area (Å²) in [6, 6.07) is 13.5. The molecule has 0 spiro atoms. The van der Waals surface area contributed by atoms with Gasteiger partial charge in [-0.3, -0.25) is 4.98 Å². The van der Waals surface area contributed by atoms with Crippen molar-refractivity contribution < 1.29 is 26.8 Å². The Hall–Kier alpha value is -4.13. The number of pyridine rings is 1. The maximum atomic E-state index is 15.6. The highest BCUT2D eigenvalue weighted by Crippen LogP contribution is 2.27. The highest BCUT2D eigenvalue weighted by Gasteiger charge is 2.19. The smallest absolute Gasteiger partial charge is 0.414 e. The maximum absolute atomic E-state index is 15.6. The van der Waals surface area contributed by atoms with Crippen LogP contribution in [0.25, 0.3) is 11.0 Å². The van der Waals surface area contributed by atoms with E-state index < -0.39 is 27.6 Å². The number of carbonyl (C=O) groups excluding carboxylic acids is 1. The van der Waals surface area contributed by atoms with Crippen LogP contribution in [0.1, 0.15) is 34.2 Å². The minimum absolute atomic E-state index is 0.0314. The topological polar surface area (TPSA) is 131 Å². The molecule has 0 unspecified atom stereocenters. The normalized spacial score (nSPS) is 11.5. The summed E-state index contributed by atoms with van der Waals surface area (Å²) in [5, 5.41) is 3.96. The molecule has 4 aromatic rings. The molecule has 2 aromatic heterocycles. The number of aromatic nitrogens is 1. The molecule has 2 N–H and O–H groups in total. The van der Waals surface area contributed by atoms with Crippen LogP contribution in [0.2, 0.25) is 0 Å². The van der Waals surface area contributed by atoms with E-state index in [1.54, 1.807) is 56.8 Å². The molecular weight excluding hydrogens is 563 g/mol. The molecule has 0 aliphatic heterocycles. The molecule has 42 heavy (non-hydrogen) atoms. The number of aryl methyl sites for hydroxylation is 1. The van der Waals surface area contributed by atoms with Gasteiger partial charge in [-0.25, -0.2) is 27.1 Å². The number of hydrogen-bond donors (Lipinski definition) is 2. The van der Waals surface area contributed by atoms with Crippen molar-refractivity contribution in [3.05, 3.63) is 105 Å². The van der Waals surface area contributed by atoms with Gasteiger partial charge in [-0.15, -0.1) is 0 Å². The SMILES string of the molecule is CNS(=O)(=O)CCCc1cccc(Cc2c(CNCc3ccncc3)c3ccc(OC(=O)N(C)C)cc3oc2=O)c1F. The third-order valence-electron chi connectivity index (χ3n) is 6.74. The minimum atomic E-state index is -3.40. The number of nitrogens with one attached hydrogen (secondary N) is 2. The average Bonchev–Trinajstić information content (AvgIpc) is 2.96. The summed E-state index contributed by atoms with van der Waals surface area (Å²) in [5.41, 5.74) is 2.17. The quantitative estimate of drug-likeness (QED) is 0.237. The highest BCUT2D eigenvalue weighted by atomic mass is 32.2. The Bertz CT molecular complexity index is 1730. The van der Waals surface area contributed by atoms with Crippen molar-refractivity contribution in [1.29, 1.82) is 0 Å². The van der Waals surface area contributed by atoms with Gasteiger partial charge in [0.05, 0.1) is 5.75 Å². The van der Waals surface area contributed by atoms with Crippen LogP contribution >= 0.6 is 0 Å². The number of hydrogen-bond acceptors (Lipinski definition) is 8. The zero-order valence-electron chi connectivity index (χ0n) is 23.6. The standard InChI is InChI=1S/C30H33FN4O6S/c1-32-42(38,39)15-5-8-21-6-4-7-22(28(21)31)16-25-26(19-34-18-20-11-13-33-14-12-20)24-10-9-23(40-30(37)35(2)3)17-27(24)41-29(25)36/h4,6-7,9-14,17,32,34H,5,8,15-16,18-19H2,1-3H3. The van der Waals surface area contributed by atoms with Crippen molar-refractivity contribution in [3.8, 4) is 5.75 Å². The Morgan fingerprint density at radius 2 is 1.79 bits per heavy atom. The fourth-order valence-electron chi connectivity index (χ4n) is 4.46. The molecule has 0 radical (unpaired) electrons.